The highest BCUT2D eigenvalue weighted by molar-refractivity contribution is 5.97. The maximum absolute atomic E-state index is 11.6. The number of nitrogens with two attached hydrogens (primary N) is 1. The highest BCUT2D eigenvalue weighted by Gasteiger charge is 2.23. The molecule has 19 heavy (non-hydrogen) atoms. The van der Waals surface area contributed by atoms with E-state index in [1.165, 1.54) is 7.11 Å². The molecule has 6 heteroatoms. The minimum Gasteiger partial charge on any atom is -0.465 e. The van der Waals surface area contributed by atoms with Crippen LogP contribution in [0, 0.1) is 0 Å². The highest BCUT2D eigenvalue weighted by atomic mass is 16.5. The fourth-order valence-corrected chi connectivity index (χ4v) is 2.28. The molecule has 0 atom stereocenters. The van der Waals surface area contributed by atoms with Crippen LogP contribution in [-0.4, -0.2) is 44.4 Å². The van der Waals surface area contributed by atoms with Crippen LogP contribution in [0.4, 0.5) is 11.5 Å². The summed E-state index contributed by atoms with van der Waals surface area (Å²) < 4.78 is 10.1. The molecule has 0 aliphatic carbocycles. The Morgan fingerprint density at radius 3 is 2.84 bits per heavy atom. The molecule has 104 valence electrons. The van der Waals surface area contributed by atoms with Gasteiger partial charge in [-0.05, 0) is 18.9 Å². The van der Waals surface area contributed by atoms with Crippen molar-refractivity contribution in [3.63, 3.8) is 0 Å². The van der Waals surface area contributed by atoms with Crippen LogP contribution in [0.1, 0.15) is 23.2 Å². The molecule has 0 radical (unpaired) electrons. The number of nitrogens with zero attached hydrogens (tertiary/aromatic N) is 2. The summed E-state index contributed by atoms with van der Waals surface area (Å²) in [7, 11) is 3.28. The summed E-state index contributed by atoms with van der Waals surface area (Å²) in [6, 6.07) is 1.90. The molecule has 0 spiro atoms. The van der Waals surface area contributed by atoms with Crippen molar-refractivity contribution in [1.82, 2.24) is 4.98 Å². The van der Waals surface area contributed by atoms with Gasteiger partial charge in [-0.1, -0.05) is 0 Å². The predicted octanol–water partition coefficient (Wildman–Crippen LogP) is 1.07. The molecule has 1 aromatic heterocycles. The van der Waals surface area contributed by atoms with Gasteiger partial charge in [-0.25, -0.2) is 9.78 Å². The topological polar surface area (TPSA) is 77.7 Å². The predicted molar refractivity (Wildman–Crippen MR) is 72.2 cm³/mol. The third-order valence-electron chi connectivity index (χ3n) is 3.45. The number of hydrogen-bond acceptors (Lipinski definition) is 6. The van der Waals surface area contributed by atoms with Crippen LogP contribution in [0.2, 0.25) is 0 Å². The second-order valence-corrected chi connectivity index (χ2v) is 4.54. The smallest absolute Gasteiger partial charge is 0.340 e. The van der Waals surface area contributed by atoms with Gasteiger partial charge in [-0.15, -0.1) is 0 Å². The van der Waals surface area contributed by atoms with E-state index < -0.39 is 5.97 Å². The normalized spacial score (nSPS) is 16.1. The van der Waals surface area contributed by atoms with Gasteiger partial charge < -0.3 is 20.1 Å². The molecule has 0 amide bonds. The number of methoxy groups -OCH3 is 1. The molecule has 2 rings (SSSR count). The molecule has 6 nitrogen and oxygen atoms in total. The molecule has 0 bridgehead atoms. The number of esters is 1. The molecule has 1 saturated heterocycles. The van der Waals surface area contributed by atoms with Gasteiger partial charge in [0.25, 0.3) is 0 Å². The van der Waals surface area contributed by atoms with E-state index in [0.717, 1.165) is 26.1 Å². The Morgan fingerprint density at radius 2 is 2.21 bits per heavy atom. The molecule has 1 aliphatic heterocycles. The van der Waals surface area contributed by atoms with Gasteiger partial charge in [0, 0.05) is 32.5 Å². The summed E-state index contributed by atoms with van der Waals surface area (Å²) in [4.78, 5) is 17.9. The lowest BCUT2D eigenvalue weighted by molar-refractivity contribution is 0.0601. The first-order chi connectivity index (χ1) is 9.15. The lowest BCUT2D eigenvalue weighted by Crippen LogP contribution is -2.37. The van der Waals surface area contributed by atoms with E-state index in [9.17, 15) is 4.79 Å². The summed E-state index contributed by atoms with van der Waals surface area (Å²) >= 11 is 0. The summed E-state index contributed by atoms with van der Waals surface area (Å²) in [5, 5.41) is 0. The first-order valence-electron chi connectivity index (χ1n) is 6.28. The number of aromatic nitrogens is 1. The van der Waals surface area contributed by atoms with E-state index in [1.807, 2.05) is 11.9 Å². The molecular formula is C13H19N3O3. The zero-order valence-electron chi connectivity index (χ0n) is 11.3. The average molecular weight is 265 g/mol. The van der Waals surface area contributed by atoms with Crippen LogP contribution in [0.15, 0.2) is 12.3 Å². The van der Waals surface area contributed by atoms with E-state index in [2.05, 4.69) is 4.98 Å². The molecule has 2 heterocycles. The third-order valence-corrected chi connectivity index (χ3v) is 3.45. The van der Waals surface area contributed by atoms with Gasteiger partial charge in [-0.3, -0.25) is 0 Å². The third kappa shape index (κ3) is 2.78. The van der Waals surface area contributed by atoms with Crippen molar-refractivity contribution in [2.75, 3.05) is 38.0 Å². The van der Waals surface area contributed by atoms with Crippen LogP contribution < -0.4 is 10.6 Å². The van der Waals surface area contributed by atoms with Crippen LogP contribution in [0.25, 0.3) is 0 Å². The van der Waals surface area contributed by atoms with Crippen molar-refractivity contribution in [2.45, 2.75) is 18.9 Å². The number of ether oxygens (including phenoxy) is 2. The second-order valence-electron chi connectivity index (χ2n) is 4.54. The van der Waals surface area contributed by atoms with Gasteiger partial charge in [0.2, 0.25) is 0 Å². The molecular weight excluding hydrogens is 246 g/mol. The quantitative estimate of drug-likeness (QED) is 0.824. The number of anilines is 2. The summed E-state index contributed by atoms with van der Waals surface area (Å²) in [6.45, 7) is 1.48. The van der Waals surface area contributed by atoms with Crippen LogP contribution >= 0.6 is 0 Å². The zero-order valence-corrected chi connectivity index (χ0v) is 11.3. The number of carbonyl (C=O) groups is 1. The Kier molecular flexibility index (Phi) is 4.21. The number of pyridine rings is 1. The molecule has 1 fully saturated rings. The van der Waals surface area contributed by atoms with Gasteiger partial charge in [0.15, 0.2) is 5.82 Å². The fraction of sp³-hybridized carbons (Fsp3) is 0.538. The first-order valence-corrected chi connectivity index (χ1v) is 6.28. The maximum atomic E-state index is 11.6. The summed E-state index contributed by atoms with van der Waals surface area (Å²) in [5.74, 6) is 0.177. The maximum Gasteiger partial charge on any atom is 0.340 e. The van der Waals surface area contributed by atoms with Crippen molar-refractivity contribution in [3.8, 4) is 0 Å². The Bertz CT molecular complexity index is 458. The van der Waals surface area contributed by atoms with Gasteiger partial charge in [0.1, 0.15) is 0 Å². The van der Waals surface area contributed by atoms with E-state index in [0.29, 0.717) is 23.1 Å². The van der Waals surface area contributed by atoms with Gasteiger partial charge >= 0.3 is 5.97 Å². The molecule has 2 N–H and O–H groups in total. The van der Waals surface area contributed by atoms with Crippen molar-refractivity contribution in [1.29, 1.82) is 0 Å². The Balaban J connectivity index is 2.26. The summed E-state index contributed by atoms with van der Waals surface area (Å²) in [6.07, 6.45) is 3.44. The Labute approximate surface area is 112 Å². The molecule has 1 aromatic rings. The summed E-state index contributed by atoms with van der Waals surface area (Å²) in [5.41, 5.74) is 6.75. The minimum absolute atomic E-state index is 0.330. The first kappa shape index (κ1) is 13.6. The standard InChI is InChI=1S/C13H19N3O3/c1-16(9-4-7-19-8-5-9)12-11(14)10(3-6-15-12)13(17)18-2/h3,6,9H,4-5,7-8,14H2,1-2H3. The molecule has 1 aliphatic rings. The van der Waals surface area contributed by atoms with Crippen molar-refractivity contribution >= 4 is 17.5 Å². The Morgan fingerprint density at radius 1 is 1.53 bits per heavy atom. The van der Waals surface area contributed by atoms with Crippen molar-refractivity contribution < 1.29 is 14.3 Å². The Hall–Kier alpha value is -1.82. The zero-order chi connectivity index (χ0) is 13.8. The fourth-order valence-electron chi connectivity index (χ4n) is 2.28. The van der Waals surface area contributed by atoms with Crippen molar-refractivity contribution in [3.05, 3.63) is 17.8 Å². The second kappa shape index (κ2) is 5.88. The SMILES string of the molecule is COC(=O)c1ccnc(N(C)C2CCOCC2)c1N. The number of carbonyl (C=O) groups excluding carboxylic acids is 1. The molecule has 0 saturated carbocycles. The largest absolute Gasteiger partial charge is 0.465 e. The average Bonchev–Trinajstić information content (AvgIpc) is 2.47. The van der Waals surface area contributed by atoms with Crippen LogP contribution in [0.5, 0.6) is 0 Å². The van der Waals surface area contributed by atoms with E-state index in [-0.39, 0.29) is 0 Å². The van der Waals surface area contributed by atoms with Crippen LogP contribution in [0.3, 0.4) is 0 Å². The van der Waals surface area contributed by atoms with Gasteiger partial charge in [0.05, 0.1) is 18.4 Å². The number of hydrogen-bond donors (Lipinski definition) is 1. The van der Waals surface area contributed by atoms with Crippen molar-refractivity contribution in [2.24, 2.45) is 0 Å². The van der Waals surface area contributed by atoms with E-state index in [1.54, 1.807) is 12.3 Å². The van der Waals surface area contributed by atoms with Crippen LogP contribution in [-0.2, 0) is 9.47 Å². The monoisotopic (exact) mass is 265 g/mol. The van der Waals surface area contributed by atoms with E-state index in [4.69, 9.17) is 15.2 Å². The lowest BCUT2D eigenvalue weighted by atomic mass is 10.1. The number of rotatable bonds is 3. The number of nitrogen functional groups attached to an aromatic ring is 1. The minimum atomic E-state index is -0.443. The van der Waals surface area contributed by atoms with E-state index >= 15 is 0 Å². The lowest BCUT2D eigenvalue weighted by Gasteiger charge is -2.32. The molecule has 0 aromatic carbocycles. The van der Waals surface area contributed by atoms with Gasteiger partial charge in [-0.2, -0.15) is 0 Å². The molecule has 0 unspecified atom stereocenters. The highest BCUT2D eigenvalue weighted by Crippen LogP contribution is 2.27.